The molecule has 0 aliphatic rings. The largest absolute Gasteiger partial charge is 0.515 e. The Balaban J connectivity index is 2.94. The third-order valence-corrected chi connectivity index (χ3v) is 8.52. The maximum atomic E-state index is 10.5. The minimum Gasteiger partial charge on any atom is -0.515 e. The lowest BCUT2D eigenvalue weighted by Crippen LogP contribution is -2.26. The molecule has 2 aromatic carbocycles. The third kappa shape index (κ3) is 7.56. The number of aliphatic hydroxyl groups is 2. The fraction of sp³-hybridized carbons (Fsp3) is 0.385. The minimum absolute atomic E-state index is 0.213. The number of allylic oxidation sites excluding steroid dienone is 9. The average molecular weight is 569 g/mol. The summed E-state index contributed by atoms with van der Waals surface area (Å²) in [5.74, 6) is 0.552. The van der Waals surface area contributed by atoms with Gasteiger partial charge in [0.15, 0.2) is 0 Å². The van der Waals surface area contributed by atoms with Crippen LogP contribution in [0.4, 0.5) is 0 Å². The molecular formula is C39H52O3. The zero-order valence-electron chi connectivity index (χ0n) is 27.9. The van der Waals surface area contributed by atoms with Crippen LogP contribution in [0.25, 0.3) is 0 Å². The van der Waals surface area contributed by atoms with Crippen molar-refractivity contribution < 1.29 is 15.3 Å². The van der Waals surface area contributed by atoms with Crippen LogP contribution in [0.2, 0.25) is 0 Å². The molecule has 226 valence electrons. The van der Waals surface area contributed by atoms with E-state index in [0.717, 1.165) is 50.8 Å². The third-order valence-electron chi connectivity index (χ3n) is 8.52. The van der Waals surface area contributed by atoms with Gasteiger partial charge in [-0.05, 0) is 97.2 Å². The van der Waals surface area contributed by atoms with E-state index in [1.54, 1.807) is 6.92 Å². The minimum atomic E-state index is -0.383. The molecule has 0 amide bonds. The number of hydrogen-bond donors (Lipinski definition) is 3. The molecule has 42 heavy (non-hydrogen) atoms. The Morgan fingerprint density at radius 1 is 0.786 bits per heavy atom. The summed E-state index contributed by atoms with van der Waals surface area (Å²) in [6.07, 6.45) is 11.4. The van der Waals surface area contributed by atoms with Crippen molar-refractivity contribution in [1.82, 2.24) is 0 Å². The number of benzene rings is 2. The van der Waals surface area contributed by atoms with E-state index in [4.69, 9.17) is 0 Å². The second kappa shape index (κ2) is 13.1. The van der Waals surface area contributed by atoms with Crippen LogP contribution >= 0.6 is 0 Å². The van der Waals surface area contributed by atoms with Crippen molar-refractivity contribution in [3.05, 3.63) is 135 Å². The number of aryl methyl sites for hydroxylation is 2. The highest BCUT2D eigenvalue weighted by atomic mass is 16.3. The van der Waals surface area contributed by atoms with E-state index in [-0.39, 0.29) is 22.0 Å². The molecule has 0 fully saturated rings. The molecule has 0 spiro atoms. The zero-order valence-corrected chi connectivity index (χ0v) is 27.9. The average Bonchev–Trinajstić information content (AvgIpc) is 2.93. The van der Waals surface area contributed by atoms with Crippen LogP contribution < -0.4 is 0 Å². The maximum Gasteiger partial charge on any atom is 0.121 e. The normalized spacial score (nSPS) is 14.6. The van der Waals surface area contributed by atoms with E-state index in [2.05, 4.69) is 90.6 Å². The van der Waals surface area contributed by atoms with Crippen LogP contribution in [-0.4, -0.2) is 15.3 Å². The first-order valence-corrected chi connectivity index (χ1v) is 14.7. The maximum absolute atomic E-state index is 10.5. The van der Waals surface area contributed by atoms with Gasteiger partial charge in [0, 0.05) is 16.2 Å². The zero-order chi connectivity index (χ0) is 32.2. The fourth-order valence-corrected chi connectivity index (χ4v) is 5.12. The number of aromatic hydroxyl groups is 1. The highest BCUT2D eigenvalue weighted by Gasteiger charge is 2.32. The molecular weight excluding hydrogens is 516 g/mol. The lowest BCUT2D eigenvalue weighted by atomic mass is 9.69. The van der Waals surface area contributed by atoms with Crippen LogP contribution in [0.1, 0.15) is 103 Å². The van der Waals surface area contributed by atoms with Crippen molar-refractivity contribution in [2.75, 3.05) is 0 Å². The van der Waals surface area contributed by atoms with Crippen molar-refractivity contribution in [1.29, 1.82) is 0 Å². The highest BCUT2D eigenvalue weighted by Crippen LogP contribution is 2.42. The summed E-state index contributed by atoms with van der Waals surface area (Å²) in [4.78, 5) is 0. The standard InChI is InChI=1S/C39H52O3/c1-14-15-30(18-26(4)24-40)38(10,11)33-21-31(37(8,9)17-16-27(5)35(41)25(2)3)22-34(23-33)39(12,13)32-19-28(6)36(42)29(7)20-32/h14-24,40-42H,2H2,1,3-13H3. The van der Waals surface area contributed by atoms with E-state index in [1.165, 1.54) is 5.56 Å². The topological polar surface area (TPSA) is 60.7 Å². The number of hydrogen-bond acceptors (Lipinski definition) is 3. The lowest BCUT2D eigenvalue weighted by molar-refractivity contribution is 0.419. The fourth-order valence-electron chi connectivity index (χ4n) is 5.12. The second-order valence-corrected chi connectivity index (χ2v) is 13.3. The van der Waals surface area contributed by atoms with E-state index < -0.39 is 0 Å². The molecule has 0 saturated carbocycles. The number of aliphatic hydroxyl groups excluding tert-OH is 2. The van der Waals surface area contributed by atoms with Crippen LogP contribution in [-0.2, 0) is 16.2 Å². The summed E-state index contributed by atoms with van der Waals surface area (Å²) in [6, 6.07) is 11.0. The Labute approximate surface area is 255 Å². The molecule has 0 atom stereocenters. The van der Waals surface area contributed by atoms with Crippen LogP contribution in [0, 0.1) is 13.8 Å². The van der Waals surface area contributed by atoms with E-state index in [9.17, 15) is 15.3 Å². The molecule has 0 radical (unpaired) electrons. The number of phenols is 1. The molecule has 0 heterocycles. The van der Waals surface area contributed by atoms with Gasteiger partial charge in [-0.2, -0.15) is 0 Å². The molecule has 0 aliphatic heterocycles. The highest BCUT2D eigenvalue weighted by molar-refractivity contribution is 5.53. The monoisotopic (exact) mass is 568 g/mol. The number of rotatable bonds is 10. The molecule has 3 heteroatoms. The van der Waals surface area contributed by atoms with Crippen molar-refractivity contribution in [2.45, 2.75) is 99.3 Å². The smallest absolute Gasteiger partial charge is 0.121 e. The van der Waals surface area contributed by atoms with Crippen LogP contribution in [0.15, 0.2) is 102 Å². The van der Waals surface area contributed by atoms with Crippen LogP contribution in [0.5, 0.6) is 5.75 Å². The van der Waals surface area contributed by atoms with Crippen LogP contribution in [0.3, 0.4) is 0 Å². The molecule has 2 aromatic rings. The van der Waals surface area contributed by atoms with Gasteiger partial charge in [0.1, 0.15) is 11.5 Å². The summed E-state index contributed by atoms with van der Waals surface area (Å²) in [6.45, 7) is 28.6. The lowest BCUT2D eigenvalue weighted by Gasteiger charge is -2.35. The predicted octanol–water partition coefficient (Wildman–Crippen LogP) is 10.8. The quantitative estimate of drug-likeness (QED) is 0.197. The molecule has 3 nitrogen and oxygen atoms in total. The van der Waals surface area contributed by atoms with Gasteiger partial charge in [-0.1, -0.05) is 109 Å². The SMILES string of the molecule is C=C(C)C(O)=C(C)C=CC(C)(C)c1cc(C(C)(C)C(C=CC)=CC(C)=CO)cc(C(C)(C)c2cc(C)c(O)c(C)c2)c1. The Bertz CT molecular complexity index is 1460. The van der Waals surface area contributed by atoms with Gasteiger partial charge >= 0.3 is 0 Å². The van der Waals surface area contributed by atoms with E-state index in [0.29, 0.717) is 11.3 Å². The Kier molecular flexibility index (Phi) is 10.7. The first-order chi connectivity index (χ1) is 19.3. The van der Waals surface area contributed by atoms with Crippen molar-refractivity contribution in [3.8, 4) is 5.75 Å². The molecule has 0 bridgehead atoms. The van der Waals surface area contributed by atoms with Gasteiger partial charge in [0.2, 0.25) is 0 Å². The summed E-state index contributed by atoms with van der Waals surface area (Å²) in [5.41, 5.74) is 8.51. The van der Waals surface area contributed by atoms with E-state index in [1.807, 2.05) is 52.8 Å². The van der Waals surface area contributed by atoms with Gasteiger partial charge in [0.05, 0.1) is 6.26 Å². The molecule has 0 saturated heterocycles. The summed E-state index contributed by atoms with van der Waals surface area (Å²) >= 11 is 0. The predicted molar refractivity (Wildman–Crippen MR) is 181 cm³/mol. The molecule has 3 N–H and O–H groups in total. The Morgan fingerprint density at radius 2 is 1.29 bits per heavy atom. The first kappa shape index (κ1) is 34.5. The summed E-state index contributed by atoms with van der Waals surface area (Å²) in [5, 5.41) is 30.6. The first-order valence-electron chi connectivity index (χ1n) is 14.7. The van der Waals surface area contributed by atoms with Crippen molar-refractivity contribution in [2.24, 2.45) is 0 Å². The molecule has 0 aromatic heterocycles. The van der Waals surface area contributed by atoms with Gasteiger partial charge in [-0.25, -0.2) is 0 Å². The van der Waals surface area contributed by atoms with E-state index >= 15 is 0 Å². The van der Waals surface area contributed by atoms with Gasteiger partial charge in [-0.15, -0.1) is 0 Å². The van der Waals surface area contributed by atoms with Gasteiger partial charge < -0.3 is 15.3 Å². The number of phenolic OH excluding ortho intramolecular Hbond substituents is 1. The Morgan fingerprint density at radius 3 is 1.79 bits per heavy atom. The van der Waals surface area contributed by atoms with Crippen molar-refractivity contribution in [3.63, 3.8) is 0 Å². The Hall–Kier alpha value is -3.72. The summed E-state index contributed by atoms with van der Waals surface area (Å²) in [7, 11) is 0. The molecule has 0 aliphatic carbocycles. The van der Waals surface area contributed by atoms with Gasteiger partial charge in [0.25, 0.3) is 0 Å². The molecule has 2 rings (SSSR count). The van der Waals surface area contributed by atoms with Gasteiger partial charge in [-0.3, -0.25) is 0 Å². The second-order valence-electron chi connectivity index (χ2n) is 13.3. The van der Waals surface area contributed by atoms with Crippen molar-refractivity contribution >= 4 is 0 Å². The molecule has 0 unspecified atom stereocenters. The summed E-state index contributed by atoms with van der Waals surface area (Å²) < 4.78 is 0.